The minimum atomic E-state index is -0.146. The monoisotopic (exact) mass is 302 g/mol. The van der Waals surface area contributed by atoms with Crippen LogP contribution in [-0.2, 0) is 0 Å². The van der Waals surface area contributed by atoms with Crippen LogP contribution >= 0.6 is 0 Å². The van der Waals surface area contributed by atoms with Gasteiger partial charge in [0, 0.05) is 18.1 Å². The predicted molar refractivity (Wildman–Crippen MR) is 86.5 cm³/mol. The number of aliphatic hydroxyl groups is 1. The van der Waals surface area contributed by atoms with Gasteiger partial charge in [-0.1, -0.05) is 12.2 Å². The van der Waals surface area contributed by atoms with E-state index in [2.05, 4.69) is 47.1 Å². The highest BCUT2D eigenvalue weighted by Crippen LogP contribution is 2.31. The first-order chi connectivity index (χ1) is 10.4. The van der Waals surface area contributed by atoms with Crippen molar-refractivity contribution >= 4 is 22.9 Å². The number of nitrogens with zero attached hydrogens (tertiary/aromatic N) is 4. The number of fused-ring (bicyclic) bond motifs is 1. The molecule has 118 valence electrons. The molecule has 0 aliphatic heterocycles. The lowest BCUT2D eigenvalue weighted by Crippen LogP contribution is -2.27. The number of anilines is 2. The number of aliphatic hydroxyl groups excluding tert-OH is 1. The number of nitrogens with one attached hydrogen (secondary N) is 1. The quantitative estimate of drug-likeness (QED) is 0.746. The molecule has 0 saturated heterocycles. The fraction of sp³-hybridized carbons (Fsp3) is 0.533. The van der Waals surface area contributed by atoms with Crippen molar-refractivity contribution in [3.63, 3.8) is 0 Å². The zero-order valence-electron chi connectivity index (χ0n) is 13.1. The first-order valence-electron chi connectivity index (χ1n) is 7.45. The van der Waals surface area contributed by atoms with Gasteiger partial charge in [-0.25, -0.2) is 4.98 Å². The standard InChI is InChI=1S/C15H22N6O/c1-15(2,3)20-12-11-13(19-14(16)18-12)21(8-17-11)10-5-4-9(6-10)7-22/h4-5,8-10,22H,6-7H2,1-3H3,(H3,16,18,19,20)/t9-,10+/m0/s1. The van der Waals surface area contributed by atoms with E-state index < -0.39 is 0 Å². The summed E-state index contributed by atoms with van der Waals surface area (Å²) >= 11 is 0. The molecule has 0 radical (unpaired) electrons. The van der Waals surface area contributed by atoms with Crippen molar-refractivity contribution in [1.82, 2.24) is 19.5 Å². The Kier molecular flexibility index (Phi) is 3.52. The van der Waals surface area contributed by atoms with Crippen LogP contribution in [0.4, 0.5) is 11.8 Å². The van der Waals surface area contributed by atoms with E-state index in [9.17, 15) is 5.11 Å². The fourth-order valence-electron chi connectivity index (χ4n) is 2.71. The molecule has 7 heteroatoms. The van der Waals surface area contributed by atoms with Crippen LogP contribution in [0.2, 0.25) is 0 Å². The average molecular weight is 302 g/mol. The summed E-state index contributed by atoms with van der Waals surface area (Å²) in [6.45, 7) is 6.33. The Hall–Kier alpha value is -2.15. The zero-order chi connectivity index (χ0) is 15.9. The molecule has 3 rings (SSSR count). The third kappa shape index (κ3) is 2.76. The van der Waals surface area contributed by atoms with Crippen molar-refractivity contribution in [3.8, 4) is 0 Å². The van der Waals surface area contributed by atoms with Gasteiger partial charge in [0.15, 0.2) is 17.0 Å². The molecule has 4 N–H and O–H groups in total. The predicted octanol–water partition coefficient (Wildman–Crippen LogP) is 1.73. The molecule has 1 aliphatic rings. The Morgan fingerprint density at radius 2 is 2.14 bits per heavy atom. The van der Waals surface area contributed by atoms with Crippen molar-refractivity contribution in [3.05, 3.63) is 18.5 Å². The van der Waals surface area contributed by atoms with E-state index >= 15 is 0 Å². The molecule has 2 heterocycles. The molecule has 2 aromatic heterocycles. The van der Waals surface area contributed by atoms with Crippen LogP contribution < -0.4 is 11.1 Å². The van der Waals surface area contributed by atoms with Crippen molar-refractivity contribution in [2.24, 2.45) is 5.92 Å². The van der Waals surface area contributed by atoms with Gasteiger partial charge in [-0.05, 0) is 27.2 Å². The third-order valence-electron chi connectivity index (χ3n) is 3.67. The van der Waals surface area contributed by atoms with Gasteiger partial charge in [0.05, 0.1) is 12.4 Å². The summed E-state index contributed by atoms with van der Waals surface area (Å²) in [7, 11) is 0. The highest BCUT2D eigenvalue weighted by Gasteiger charge is 2.24. The van der Waals surface area contributed by atoms with Gasteiger partial charge in [-0.15, -0.1) is 0 Å². The molecular weight excluding hydrogens is 280 g/mol. The lowest BCUT2D eigenvalue weighted by Gasteiger charge is -2.21. The topological polar surface area (TPSA) is 102 Å². The minimum Gasteiger partial charge on any atom is -0.396 e. The Morgan fingerprint density at radius 3 is 2.77 bits per heavy atom. The van der Waals surface area contributed by atoms with Gasteiger partial charge in [0.1, 0.15) is 0 Å². The maximum absolute atomic E-state index is 9.28. The highest BCUT2D eigenvalue weighted by atomic mass is 16.3. The Balaban J connectivity index is 2.03. The third-order valence-corrected chi connectivity index (χ3v) is 3.67. The average Bonchev–Trinajstić information content (AvgIpc) is 3.01. The van der Waals surface area contributed by atoms with Crippen LogP contribution in [0.1, 0.15) is 33.2 Å². The van der Waals surface area contributed by atoms with Crippen molar-refractivity contribution in [1.29, 1.82) is 0 Å². The molecule has 22 heavy (non-hydrogen) atoms. The van der Waals surface area contributed by atoms with Gasteiger partial charge < -0.3 is 20.7 Å². The molecule has 7 nitrogen and oxygen atoms in total. The molecule has 0 fully saturated rings. The van der Waals surface area contributed by atoms with Crippen LogP contribution in [-0.4, -0.2) is 36.8 Å². The van der Waals surface area contributed by atoms with E-state index in [1.165, 1.54) is 0 Å². The molecule has 0 aromatic carbocycles. The van der Waals surface area contributed by atoms with Gasteiger partial charge in [0.2, 0.25) is 5.95 Å². The number of hydrogen-bond donors (Lipinski definition) is 3. The Labute approximate surface area is 129 Å². The van der Waals surface area contributed by atoms with Crippen LogP contribution in [0.15, 0.2) is 18.5 Å². The summed E-state index contributed by atoms with van der Waals surface area (Å²) in [5.74, 6) is 1.06. The molecule has 2 aromatic rings. The molecule has 0 saturated carbocycles. The van der Waals surface area contributed by atoms with Crippen molar-refractivity contribution in [2.75, 3.05) is 17.7 Å². The maximum atomic E-state index is 9.28. The normalized spacial score (nSPS) is 21.6. The van der Waals surface area contributed by atoms with Crippen LogP contribution in [0, 0.1) is 5.92 Å². The van der Waals surface area contributed by atoms with E-state index in [0.29, 0.717) is 17.0 Å². The molecular formula is C15H22N6O. The van der Waals surface area contributed by atoms with Crippen LogP contribution in [0.5, 0.6) is 0 Å². The minimum absolute atomic E-state index is 0.138. The first-order valence-corrected chi connectivity index (χ1v) is 7.45. The van der Waals surface area contributed by atoms with Gasteiger partial charge >= 0.3 is 0 Å². The number of hydrogen-bond acceptors (Lipinski definition) is 6. The van der Waals surface area contributed by atoms with Gasteiger partial charge in [0.25, 0.3) is 0 Å². The molecule has 2 atom stereocenters. The SMILES string of the molecule is CC(C)(C)Nc1nc(N)nc2c1ncn2[C@@H]1C=C[C@H](CO)C1. The fourth-order valence-corrected chi connectivity index (χ4v) is 2.71. The highest BCUT2D eigenvalue weighted by molar-refractivity contribution is 5.84. The Bertz CT molecular complexity index is 715. The van der Waals surface area contributed by atoms with E-state index in [0.717, 1.165) is 6.42 Å². The number of nitrogen functional groups attached to an aromatic ring is 1. The van der Waals surface area contributed by atoms with Crippen molar-refractivity contribution < 1.29 is 5.11 Å². The number of imidazole rings is 1. The maximum Gasteiger partial charge on any atom is 0.224 e. The molecule has 0 unspecified atom stereocenters. The second-order valence-electron chi connectivity index (χ2n) is 6.76. The number of nitrogens with two attached hydrogens (primary N) is 1. The largest absolute Gasteiger partial charge is 0.396 e. The second-order valence-corrected chi connectivity index (χ2v) is 6.76. The smallest absolute Gasteiger partial charge is 0.224 e. The molecule has 0 spiro atoms. The summed E-state index contributed by atoms with van der Waals surface area (Å²) in [5.41, 5.74) is 7.14. The first kappa shape index (κ1) is 14.8. The molecule has 1 aliphatic carbocycles. The van der Waals surface area contributed by atoms with Crippen LogP contribution in [0.25, 0.3) is 11.2 Å². The zero-order valence-corrected chi connectivity index (χ0v) is 13.1. The summed E-state index contributed by atoms with van der Waals surface area (Å²) in [6, 6.07) is 0.138. The van der Waals surface area contributed by atoms with Gasteiger partial charge in [-0.3, -0.25) is 0 Å². The summed E-state index contributed by atoms with van der Waals surface area (Å²) in [6.07, 6.45) is 6.72. The number of aromatic nitrogens is 4. The number of allylic oxidation sites excluding steroid dienone is 1. The van der Waals surface area contributed by atoms with E-state index in [1.807, 2.05) is 10.6 Å². The number of rotatable bonds is 3. The Morgan fingerprint density at radius 1 is 1.36 bits per heavy atom. The summed E-state index contributed by atoms with van der Waals surface area (Å²) in [5, 5.41) is 12.6. The molecule has 0 amide bonds. The van der Waals surface area contributed by atoms with Gasteiger partial charge in [-0.2, -0.15) is 9.97 Å². The van der Waals surface area contributed by atoms with E-state index in [4.69, 9.17) is 5.73 Å². The lowest BCUT2D eigenvalue weighted by atomic mass is 10.1. The lowest BCUT2D eigenvalue weighted by molar-refractivity contribution is 0.244. The van der Waals surface area contributed by atoms with Crippen molar-refractivity contribution in [2.45, 2.75) is 38.8 Å². The molecule has 0 bridgehead atoms. The van der Waals surface area contributed by atoms with E-state index in [-0.39, 0.29) is 30.1 Å². The summed E-state index contributed by atoms with van der Waals surface area (Å²) in [4.78, 5) is 13.1. The summed E-state index contributed by atoms with van der Waals surface area (Å²) < 4.78 is 1.99. The van der Waals surface area contributed by atoms with E-state index in [1.54, 1.807) is 6.33 Å². The second kappa shape index (κ2) is 5.24. The van der Waals surface area contributed by atoms with Crippen LogP contribution in [0.3, 0.4) is 0 Å².